The quantitative estimate of drug-likeness (QED) is 0.860. The fraction of sp³-hybridized carbons (Fsp3) is 0.458. The number of fused-ring (bicyclic) bond motifs is 1. The second-order valence-corrected chi connectivity index (χ2v) is 9.10. The number of nitrogens with zero attached hydrogens (tertiary/aromatic N) is 1. The maximum atomic E-state index is 11.6. The molecule has 1 fully saturated rings. The highest BCUT2D eigenvalue weighted by molar-refractivity contribution is 5.92. The monoisotopic (exact) mass is 378 g/mol. The van der Waals surface area contributed by atoms with E-state index in [1.807, 2.05) is 12.1 Å². The van der Waals surface area contributed by atoms with Gasteiger partial charge >= 0.3 is 0 Å². The van der Waals surface area contributed by atoms with Crippen LogP contribution in [0.2, 0.25) is 0 Å². The molecule has 0 aromatic heterocycles. The summed E-state index contributed by atoms with van der Waals surface area (Å²) >= 11 is 0. The molecule has 0 spiro atoms. The van der Waals surface area contributed by atoms with Gasteiger partial charge in [-0.25, -0.2) is 0 Å². The van der Waals surface area contributed by atoms with Crippen molar-refractivity contribution < 1.29 is 9.90 Å². The fourth-order valence-corrected chi connectivity index (χ4v) is 5.12. The molecule has 1 aliphatic heterocycles. The Kier molecular flexibility index (Phi) is 4.80. The summed E-state index contributed by atoms with van der Waals surface area (Å²) in [5.74, 6) is 0.0373. The van der Waals surface area contributed by atoms with E-state index in [1.54, 1.807) is 6.07 Å². The number of β-amino-alcohol motifs (C(OH)–C–C–N with tert-alkyl or cyclic N) is 1. The van der Waals surface area contributed by atoms with Crippen LogP contribution in [-0.4, -0.2) is 41.1 Å². The third-order valence-corrected chi connectivity index (χ3v) is 7.05. The first-order chi connectivity index (χ1) is 13.3. The van der Waals surface area contributed by atoms with Gasteiger partial charge in [0.25, 0.3) is 0 Å². The summed E-state index contributed by atoms with van der Waals surface area (Å²) in [5, 5.41) is 11.2. The smallest absolute Gasteiger partial charge is 0.248 e. The van der Waals surface area contributed by atoms with E-state index < -0.39 is 5.60 Å². The molecule has 3 N–H and O–H groups in total. The lowest BCUT2D eigenvalue weighted by Gasteiger charge is -2.46. The van der Waals surface area contributed by atoms with E-state index in [0.717, 1.165) is 32.4 Å². The number of hydrogen-bond acceptors (Lipinski definition) is 3. The van der Waals surface area contributed by atoms with Gasteiger partial charge in [0.05, 0.1) is 5.60 Å². The average Bonchev–Trinajstić information content (AvgIpc) is 3.00. The van der Waals surface area contributed by atoms with Gasteiger partial charge in [0.15, 0.2) is 0 Å². The summed E-state index contributed by atoms with van der Waals surface area (Å²) in [6.45, 7) is 7.16. The molecule has 0 bridgehead atoms. The van der Waals surface area contributed by atoms with Crippen molar-refractivity contribution in [1.82, 2.24) is 4.90 Å². The standard InChI is InChI=1S/C24H30N2O2/c1-17-15-26(16-24(28)13-19-6-3-4-7-20(19)14-24)11-10-23(17,2)21-9-5-8-18(12-21)22(25)27/h3-9,12,17,28H,10-11,13-16H2,1-2H3,(H2,25,27)/t17-,23+/m0/s1. The van der Waals surface area contributed by atoms with Crippen LogP contribution in [0, 0.1) is 5.92 Å². The number of aliphatic hydroxyl groups is 1. The molecule has 4 nitrogen and oxygen atoms in total. The van der Waals surface area contributed by atoms with Crippen molar-refractivity contribution in [3.8, 4) is 0 Å². The molecule has 1 saturated heterocycles. The van der Waals surface area contributed by atoms with Gasteiger partial charge in [0.1, 0.15) is 0 Å². The molecule has 1 amide bonds. The number of primary amides is 1. The maximum Gasteiger partial charge on any atom is 0.248 e. The first-order valence-electron chi connectivity index (χ1n) is 10.2. The van der Waals surface area contributed by atoms with Crippen molar-refractivity contribution in [1.29, 1.82) is 0 Å². The molecular formula is C24H30N2O2. The molecule has 4 heteroatoms. The lowest BCUT2D eigenvalue weighted by Crippen LogP contribution is -2.52. The lowest BCUT2D eigenvalue weighted by molar-refractivity contribution is -0.00935. The highest BCUT2D eigenvalue weighted by Gasteiger charge is 2.42. The second kappa shape index (κ2) is 7.02. The number of carbonyl (C=O) groups excluding carboxylic acids is 1. The molecule has 2 aromatic carbocycles. The average molecular weight is 379 g/mol. The Morgan fingerprint density at radius 1 is 1.18 bits per heavy atom. The van der Waals surface area contributed by atoms with Crippen LogP contribution in [0.3, 0.4) is 0 Å². The zero-order valence-corrected chi connectivity index (χ0v) is 16.8. The maximum absolute atomic E-state index is 11.6. The fourth-order valence-electron chi connectivity index (χ4n) is 5.12. The van der Waals surface area contributed by atoms with Gasteiger partial charge < -0.3 is 15.7 Å². The minimum absolute atomic E-state index is 0.00319. The molecule has 28 heavy (non-hydrogen) atoms. The van der Waals surface area contributed by atoms with E-state index in [9.17, 15) is 9.90 Å². The van der Waals surface area contributed by atoms with Crippen LogP contribution in [0.25, 0.3) is 0 Å². The van der Waals surface area contributed by atoms with Crippen LogP contribution in [-0.2, 0) is 18.3 Å². The molecule has 1 aliphatic carbocycles. The molecule has 0 unspecified atom stereocenters. The molecule has 2 atom stereocenters. The summed E-state index contributed by atoms with van der Waals surface area (Å²) in [6, 6.07) is 16.2. The Morgan fingerprint density at radius 3 is 2.46 bits per heavy atom. The number of hydrogen-bond donors (Lipinski definition) is 2. The molecule has 0 radical (unpaired) electrons. The number of likely N-dealkylation sites (tertiary alicyclic amines) is 1. The Labute approximate surface area is 167 Å². The molecular weight excluding hydrogens is 348 g/mol. The summed E-state index contributed by atoms with van der Waals surface area (Å²) in [4.78, 5) is 14.0. The predicted molar refractivity (Wildman–Crippen MR) is 111 cm³/mol. The number of amides is 1. The van der Waals surface area contributed by atoms with E-state index in [1.165, 1.54) is 16.7 Å². The van der Waals surface area contributed by atoms with Crippen molar-refractivity contribution in [3.05, 3.63) is 70.8 Å². The highest BCUT2D eigenvalue weighted by Crippen LogP contribution is 2.40. The van der Waals surface area contributed by atoms with Gasteiger partial charge in [-0.05, 0) is 53.1 Å². The molecule has 1 heterocycles. The van der Waals surface area contributed by atoms with E-state index in [4.69, 9.17) is 5.73 Å². The van der Waals surface area contributed by atoms with Gasteiger partial charge in [0, 0.05) is 31.5 Å². The highest BCUT2D eigenvalue weighted by atomic mass is 16.3. The summed E-state index contributed by atoms with van der Waals surface area (Å²) in [7, 11) is 0. The zero-order chi connectivity index (χ0) is 19.9. The number of piperidine rings is 1. The van der Waals surface area contributed by atoms with Gasteiger partial charge in [-0.3, -0.25) is 4.79 Å². The number of carbonyl (C=O) groups is 1. The van der Waals surface area contributed by atoms with Crippen LogP contribution in [0.4, 0.5) is 0 Å². The van der Waals surface area contributed by atoms with E-state index >= 15 is 0 Å². The number of rotatable bonds is 4. The van der Waals surface area contributed by atoms with Crippen molar-refractivity contribution in [2.24, 2.45) is 11.7 Å². The molecule has 148 valence electrons. The second-order valence-electron chi connectivity index (χ2n) is 9.10. The molecule has 0 saturated carbocycles. The number of benzene rings is 2. The van der Waals surface area contributed by atoms with Gasteiger partial charge in [-0.2, -0.15) is 0 Å². The number of nitrogens with two attached hydrogens (primary N) is 1. The Morgan fingerprint density at radius 2 is 1.86 bits per heavy atom. The van der Waals surface area contributed by atoms with Crippen molar-refractivity contribution in [2.45, 2.75) is 44.1 Å². The Balaban J connectivity index is 1.46. The molecule has 2 aromatic rings. The van der Waals surface area contributed by atoms with Gasteiger partial charge in [-0.15, -0.1) is 0 Å². The minimum atomic E-state index is -0.664. The van der Waals surface area contributed by atoms with Crippen LogP contribution >= 0.6 is 0 Å². The van der Waals surface area contributed by atoms with E-state index in [0.29, 0.717) is 18.0 Å². The molecule has 4 rings (SSSR count). The minimum Gasteiger partial charge on any atom is -0.388 e. The first kappa shape index (κ1) is 19.2. The van der Waals surface area contributed by atoms with Crippen molar-refractivity contribution >= 4 is 5.91 Å². The Bertz CT molecular complexity index is 869. The van der Waals surface area contributed by atoms with Crippen LogP contribution in [0.1, 0.15) is 47.3 Å². The van der Waals surface area contributed by atoms with E-state index in [2.05, 4.69) is 49.1 Å². The third kappa shape index (κ3) is 3.47. The van der Waals surface area contributed by atoms with Crippen LogP contribution < -0.4 is 5.73 Å². The van der Waals surface area contributed by atoms with Gasteiger partial charge in [-0.1, -0.05) is 50.2 Å². The van der Waals surface area contributed by atoms with Gasteiger partial charge in [0.2, 0.25) is 5.91 Å². The molecule has 2 aliphatic rings. The van der Waals surface area contributed by atoms with Crippen molar-refractivity contribution in [3.63, 3.8) is 0 Å². The zero-order valence-electron chi connectivity index (χ0n) is 16.8. The summed E-state index contributed by atoms with van der Waals surface area (Å²) in [5.41, 5.74) is 9.14. The predicted octanol–water partition coefficient (Wildman–Crippen LogP) is 2.91. The third-order valence-electron chi connectivity index (χ3n) is 7.05. The summed E-state index contributed by atoms with van der Waals surface area (Å²) in [6.07, 6.45) is 2.48. The van der Waals surface area contributed by atoms with Crippen molar-refractivity contribution in [2.75, 3.05) is 19.6 Å². The first-order valence-corrected chi connectivity index (χ1v) is 10.2. The van der Waals surface area contributed by atoms with Crippen LogP contribution in [0.15, 0.2) is 48.5 Å². The largest absolute Gasteiger partial charge is 0.388 e. The van der Waals surface area contributed by atoms with E-state index in [-0.39, 0.29) is 11.3 Å². The lowest BCUT2D eigenvalue weighted by atomic mass is 9.67. The van der Waals surface area contributed by atoms with Crippen LogP contribution in [0.5, 0.6) is 0 Å². The topological polar surface area (TPSA) is 66.6 Å². The normalized spacial score (nSPS) is 26.8. The Hall–Kier alpha value is -2.17. The SMILES string of the molecule is C[C@H]1CN(CC2(O)Cc3ccccc3C2)CC[C@@]1(C)c1cccc(C(N)=O)c1. The summed E-state index contributed by atoms with van der Waals surface area (Å²) < 4.78 is 0.